The Morgan fingerprint density at radius 2 is 1.62 bits per heavy atom. The molecule has 1 spiro atoms. The zero-order valence-electron chi connectivity index (χ0n) is 26.8. The second-order valence-electron chi connectivity index (χ2n) is 13.0. The van der Waals surface area contributed by atoms with Gasteiger partial charge in [0.05, 0.1) is 30.1 Å². The number of aliphatic hydroxyl groups excluding tert-OH is 1. The molecule has 8 heteroatoms. The molecule has 5 rings (SSSR count). The number of likely N-dealkylation sites (tertiary alicyclic amines) is 1. The van der Waals surface area contributed by atoms with Gasteiger partial charge in [-0.3, -0.25) is 14.4 Å². The fraction of sp³-hybridized carbons (Fsp3) is 0.486. The summed E-state index contributed by atoms with van der Waals surface area (Å²) in [6.45, 7) is 14.9. The topological polar surface area (TPSA) is 90.4 Å². The normalized spacial score (nSPS) is 28.9. The Hall–Kier alpha value is -3.75. The summed E-state index contributed by atoms with van der Waals surface area (Å²) in [6.07, 6.45) is 4.97. The van der Waals surface area contributed by atoms with Gasteiger partial charge in [-0.1, -0.05) is 86.7 Å². The fourth-order valence-electron chi connectivity index (χ4n) is 8.14. The van der Waals surface area contributed by atoms with E-state index in [9.17, 15) is 19.5 Å². The molecule has 2 aromatic carbocycles. The standard InChI is InChI=1S/C37H47N3O5/c1-6-19-38(20-7-2)33(42)30-31-34(43)40(29(25-41)22-27-15-11-9-12-16-27)32(37(31)23-26(4)36(30,5)45-37)35(44)39(21-8-3)24-28-17-13-10-14-18-28/h6,8-18,26,29-32,41H,1,3,7,19-25H2,2,4-5H3/t26?,29-,30+,31+,32?,36-,37?/m1/s1. The molecule has 3 amide bonds. The van der Waals surface area contributed by atoms with Crippen molar-refractivity contribution in [3.8, 4) is 0 Å². The van der Waals surface area contributed by atoms with Crippen LogP contribution in [0.1, 0.15) is 44.7 Å². The van der Waals surface area contributed by atoms with Gasteiger partial charge in [-0.2, -0.15) is 0 Å². The summed E-state index contributed by atoms with van der Waals surface area (Å²) in [5.74, 6) is -2.40. The van der Waals surface area contributed by atoms with Gasteiger partial charge in [0, 0.05) is 26.2 Å². The molecule has 3 unspecified atom stereocenters. The van der Waals surface area contributed by atoms with Crippen LogP contribution in [0.3, 0.4) is 0 Å². The summed E-state index contributed by atoms with van der Waals surface area (Å²) < 4.78 is 6.99. The van der Waals surface area contributed by atoms with Gasteiger partial charge in [0.15, 0.2) is 0 Å². The van der Waals surface area contributed by atoms with Crippen molar-refractivity contribution in [2.75, 3.05) is 26.2 Å². The SMILES string of the molecule is C=CCN(Cc1ccccc1)C(=O)C1N([C@@H](CO)Cc2ccccc2)C(=O)[C@@H]2[C@@H](C(=O)N(CC=C)CCC)[C@]3(C)OC12CC3C. The molecule has 3 heterocycles. The Balaban J connectivity index is 1.63. The third kappa shape index (κ3) is 5.63. The molecular formula is C37H47N3O5. The predicted molar refractivity (Wildman–Crippen MR) is 174 cm³/mol. The highest BCUT2D eigenvalue weighted by Gasteiger charge is 2.80. The van der Waals surface area contributed by atoms with E-state index < -0.39 is 35.1 Å². The highest BCUT2D eigenvalue weighted by atomic mass is 16.5. The number of amides is 3. The molecule has 45 heavy (non-hydrogen) atoms. The van der Waals surface area contributed by atoms with Crippen LogP contribution in [0, 0.1) is 17.8 Å². The zero-order valence-corrected chi connectivity index (χ0v) is 26.8. The number of benzene rings is 2. The molecule has 2 aromatic rings. The fourth-order valence-corrected chi connectivity index (χ4v) is 8.14. The van der Waals surface area contributed by atoms with Crippen molar-refractivity contribution in [3.63, 3.8) is 0 Å². The number of nitrogens with zero attached hydrogens (tertiary/aromatic N) is 3. The molecule has 3 fully saturated rings. The molecule has 0 aromatic heterocycles. The van der Waals surface area contributed by atoms with Gasteiger partial charge in [0.25, 0.3) is 0 Å². The van der Waals surface area contributed by atoms with E-state index in [2.05, 4.69) is 20.1 Å². The first-order valence-corrected chi connectivity index (χ1v) is 16.2. The maximum atomic E-state index is 14.9. The lowest BCUT2D eigenvalue weighted by molar-refractivity contribution is -0.157. The van der Waals surface area contributed by atoms with Crippen LogP contribution in [0.2, 0.25) is 0 Å². The number of fused-ring (bicyclic) bond motifs is 1. The second-order valence-corrected chi connectivity index (χ2v) is 13.0. The Morgan fingerprint density at radius 3 is 2.20 bits per heavy atom. The van der Waals surface area contributed by atoms with Crippen LogP contribution in [0.4, 0.5) is 0 Å². The zero-order chi connectivity index (χ0) is 32.4. The van der Waals surface area contributed by atoms with E-state index >= 15 is 0 Å². The minimum atomic E-state index is -1.21. The number of hydrogen-bond acceptors (Lipinski definition) is 5. The number of aliphatic hydroxyl groups is 1. The first-order chi connectivity index (χ1) is 21.7. The number of rotatable bonds is 14. The molecule has 8 nitrogen and oxygen atoms in total. The number of carbonyl (C=O) groups excluding carboxylic acids is 3. The van der Waals surface area contributed by atoms with Crippen molar-refractivity contribution < 1.29 is 24.2 Å². The van der Waals surface area contributed by atoms with Crippen LogP contribution >= 0.6 is 0 Å². The molecule has 3 aliphatic heterocycles. The van der Waals surface area contributed by atoms with E-state index in [1.807, 2.05) is 74.5 Å². The van der Waals surface area contributed by atoms with Crippen molar-refractivity contribution in [2.24, 2.45) is 17.8 Å². The van der Waals surface area contributed by atoms with Crippen molar-refractivity contribution in [1.82, 2.24) is 14.7 Å². The summed E-state index contributed by atoms with van der Waals surface area (Å²) in [5.41, 5.74) is -0.248. The number of carbonyl (C=O) groups is 3. The third-order valence-corrected chi connectivity index (χ3v) is 10.2. The van der Waals surface area contributed by atoms with E-state index in [1.165, 1.54) is 0 Å². The lowest BCUT2D eigenvalue weighted by Crippen LogP contribution is -2.59. The van der Waals surface area contributed by atoms with Crippen LogP contribution in [0.5, 0.6) is 0 Å². The average Bonchev–Trinajstić information content (AvgIpc) is 3.56. The maximum absolute atomic E-state index is 14.9. The van der Waals surface area contributed by atoms with Gasteiger partial charge in [-0.15, -0.1) is 13.2 Å². The van der Waals surface area contributed by atoms with E-state index in [-0.39, 0.29) is 36.8 Å². The van der Waals surface area contributed by atoms with Crippen molar-refractivity contribution >= 4 is 17.7 Å². The largest absolute Gasteiger partial charge is 0.394 e. The summed E-state index contributed by atoms with van der Waals surface area (Å²) in [7, 11) is 0. The van der Waals surface area contributed by atoms with Crippen LogP contribution < -0.4 is 0 Å². The number of ether oxygens (including phenoxy) is 1. The molecule has 7 atom stereocenters. The monoisotopic (exact) mass is 613 g/mol. The van der Waals surface area contributed by atoms with Crippen LogP contribution in [-0.2, 0) is 32.1 Å². The lowest BCUT2D eigenvalue weighted by atomic mass is 9.62. The molecular weight excluding hydrogens is 566 g/mol. The summed E-state index contributed by atoms with van der Waals surface area (Å²) in [5, 5.41) is 10.8. The average molecular weight is 614 g/mol. The molecule has 3 aliphatic rings. The quantitative estimate of drug-likeness (QED) is 0.322. The summed E-state index contributed by atoms with van der Waals surface area (Å²) in [4.78, 5) is 49.3. The Labute approximate surface area is 267 Å². The second kappa shape index (κ2) is 13.3. The van der Waals surface area contributed by atoms with Gasteiger partial charge >= 0.3 is 0 Å². The van der Waals surface area contributed by atoms with E-state index in [0.29, 0.717) is 32.5 Å². The van der Waals surface area contributed by atoms with Gasteiger partial charge in [0.1, 0.15) is 11.6 Å². The van der Waals surface area contributed by atoms with Gasteiger partial charge in [0.2, 0.25) is 17.7 Å². The van der Waals surface area contributed by atoms with Crippen molar-refractivity contribution in [2.45, 2.75) is 69.9 Å². The maximum Gasteiger partial charge on any atom is 0.249 e. The van der Waals surface area contributed by atoms with Crippen LogP contribution in [0.25, 0.3) is 0 Å². The van der Waals surface area contributed by atoms with Gasteiger partial charge in [-0.25, -0.2) is 0 Å². The molecule has 240 valence electrons. The molecule has 3 saturated heterocycles. The van der Waals surface area contributed by atoms with E-state index in [0.717, 1.165) is 17.5 Å². The summed E-state index contributed by atoms with van der Waals surface area (Å²) in [6, 6.07) is 17.7. The third-order valence-electron chi connectivity index (χ3n) is 10.2. The van der Waals surface area contributed by atoms with Crippen LogP contribution in [0.15, 0.2) is 86.0 Å². The lowest BCUT2D eigenvalue weighted by Gasteiger charge is -2.39. The van der Waals surface area contributed by atoms with Gasteiger partial charge < -0.3 is 24.5 Å². The Kier molecular flexibility index (Phi) is 9.65. The van der Waals surface area contributed by atoms with E-state index in [1.54, 1.807) is 26.9 Å². The molecule has 0 saturated carbocycles. The Bertz CT molecular complexity index is 1400. The van der Waals surface area contributed by atoms with E-state index in [4.69, 9.17) is 4.74 Å². The minimum Gasteiger partial charge on any atom is -0.394 e. The van der Waals surface area contributed by atoms with Gasteiger partial charge in [-0.05, 0) is 43.2 Å². The highest BCUT2D eigenvalue weighted by Crippen LogP contribution is 2.66. The smallest absolute Gasteiger partial charge is 0.249 e. The first-order valence-electron chi connectivity index (χ1n) is 16.2. The van der Waals surface area contributed by atoms with Crippen molar-refractivity contribution in [1.29, 1.82) is 0 Å². The van der Waals surface area contributed by atoms with Crippen LogP contribution in [-0.4, -0.2) is 87.1 Å². The summed E-state index contributed by atoms with van der Waals surface area (Å²) >= 11 is 0. The first kappa shape index (κ1) is 32.6. The minimum absolute atomic E-state index is 0.0818. The molecule has 2 bridgehead atoms. The molecule has 1 N–H and O–H groups in total. The highest BCUT2D eigenvalue weighted by molar-refractivity contribution is 5.99. The number of hydrogen-bond donors (Lipinski definition) is 1. The van der Waals surface area contributed by atoms with Crippen molar-refractivity contribution in [3.05, 3.63) is 97.1 Å². The Morgan fingerprint density at radius 1 is 1.02 bits per heavy atom. The molecule has 0 aliphatic carbocycles. The predicted octanol–water partition coefficient (Wildman–Crippen LogP) is 4.24. The molecule has 0 radical (unpaired) electrons.